The summed E-state index contributed by atoms with van der Waals surface area (Å²) in [6.07, 6.45) is 0. The number of carbonyl (C=O) groups excluding carboxylic acids is 1. The highest BCUT2D eigenvalue weighted by atomic mass is 16.6. The zero-order chi connectivity index (χ0) is 16.4. The van der Waals surface area contributed by atoms with Crippen molar-refractivity contribution < 1.29 is 9.72 Å². The fourth-order valence-electron chi connectivity index (χ4n) is 2.17. The van der Waals surface area contributed by atoms with Crippen LogP contribution < -0.4 is 5.32 Å². The van der Waals surface area contributed by atoms with Gasteiger partial charge in [0.1, 0.15) is 6.04 Å². The molecule has 1 N–H and O–H groups in total. The summed E-state index contributed by atoms with van der Waals surface area (Å²) in [4.78, 5) is 22.6. The second-order valence-corrected chi connectivity index (χ2v) is 5.33. The van der Waals surface area contributed by atoms with E-state index >= 15 is 0 Å². The van der Waals surface area contributed by atoms with Crippen LogP contribution in [-0.4, -0.2) is 20.6 Å². The SMILES string of the molecule is Cc1ccc(C)c(NC(=O)C(C)n2nc([N+](=O)[O-])cc2C)c1. The summed E-state index contributed by atoms with van der Waals surface area (Å²) in [5, 5.41) is 17.5. The molecule has 1 atom stereocenters. The van der Waals surface area contributed by atoms with E-state index in [0.717, 1.165) is 16.8 Å². The fraction of sp³-hybridized carbons (Fsp3) is 0.333. The Morgan fingerprint density at radius 2 is 2.00 bits per heavy atom. The molecule has 116 valence electrons. The van der Waals surface area contributed by atoms with Crippen LogP contribution in [0.3, 0.4) is 0 Å². The van der Waals surface area contributed by atoms with Gasteiger partial charge in [-0.25, -0.2) is 0 Å². The second-order valence-electron chi connectivity index (χ2n) is 5.33. The molecular weight excluding hydrogens is 284 g/mol. The monoisotopic (exact) mass is 302 g/mol. The normalized spacial score (nSPS) is 12.0. The molecule has 0 aliphatic heterocycles. The van der Waals surface area contributed by atoms with Gasteiger partial charge in [-0.2, -0.15) is 4.68 Å². The van der Waals surface area contributed by atoms with Crippen molar-refractivity contribution in [2.24, 2.45) is 0 Å². The average Bonchev–Trinajstić information content (AvgIpc) is 2.84. The summed E-state index contributed by atoms with van der Waals surface area (Å²) in [6, 6.07) is 6.49. The molecule has 1 amide bonds. The largest absolute Gasteiger partial charge is 0.390 e. The molecule has 0 saturated heterocycles. The van der Waals surface area contributed by atoms with E-state index in [4.69, 9.17) is 0 Å². The van der Waals surface area contributed by atoms with E-state index in [-0.39, 0.29) is 11.7 Å². The average molecular weight is 302 g/mol. The lowest BCUT2D eigenvalue weighted by molar-refractivity contribution is -0.389. The Morgan fingerprint density at radius 1 is 1.32 bits per heavy atom. The maximum absolute atomic E-state index is 12.4. The third kappa shape index (κ3) is 3.13. The Bertz CT molecular complexity index is 736. The smallest absolute Gasteiger partial charge is 0.358 e. The van der Waals surface area contributed by atoms with Gasteiger partial charge in [-0.1, -0.05) is 12.1 Å². The van der Waals surface area contributed by atoms with Crippen molar-refractivity contribution >= 4 is 17.4 Å². The van der Waals surface area contributed by atoms with Crippen LogP contribution in [0.2, 0.25) is 0 Å². The summed E-state index contributed by atoms with van der Waals surface area (Å²) in [5.41, 5.74) is 3.29. The Balaban J connectivity index is 2.22. The van der Waals surface area contributed by atoms with Gasteiger partial charge in [0.2, 0.25) is 0 Å². The Hall–Kier alpha value is -2.70. The van der Waals surface area contributed by atoms with Crippen LogP contribution in [0.1, 0.15) is 29.8 Å². The topological polar surface area (TPSA) is 90.1 Å². The van der Waals surface area contributed by atoms with E-state index in [1.165, 1.54) is 10.7 Å². The number of nitrogens with one attached hydrogen (secondary N) is 1. The zero-order valence-corrected chi connectivity index (χ0v) is 13.0. The van der Waals surface area contributed by atoms with Crippen LogP contribution >= 0.6 is 0 Å². The maximum atomic E-state index is 12.4. The number of anilines is 1. The van der Waals surface area contributed by atoms with Crippen molar-refractivity contribution in [2.45, 2.75) is 33.7 Å². The molecule has 1 heterocycles. The highest BCUT2D eigenvalue weighted by Gasteiger charge is 2.24. The molecule has 7 nitrogen and oxygen atoms in total. The molecule has 2 aromatic rings. The van der Waals surface area contributed by atoms with Gasteiger partial charge < -0.3 is 15.4 Å². The number of rotatable bonds is 4. The number of nitrogens with zero attached hydrogens (tertiary/aromatic N) is 3. The van der Waals surface area contributed by atoms with Crippen molar-refractivity contribution in [3.8, 4) is 0 Å². The van der Waals surface area contributed by atoms with E-state index in [0.29, 0.717) is 5.69 Å². The molecule has 2 rings (SSSR count). The number of hydrogen-bond acceptors (Lipinski definition) is 4. The predicted octanol–water partition coefficient (Wildman–Crippen LogP) is 2.92. The van der Waals surface area contributed by atoms with E-state index in [9.17, 15) is 14.9 Å². The highest BCUT2D eigenvalue weighted by Crippen LogP contribution is 2.20. The molecule has 0 aliphatic carbocycles. The van der Waals surface area contributed by atoms with Crippen molar-refractivity contribution in [1.29, 1.82) is 0 Å². The van der Waals surface area contributed by atoms with Crippen molar-refractivity contribution in [3.63, 3.8) is 0 Å². The molecule has 0 spiro atoms. The lowest BCUT2D eigenvalue weighted by atomic mass is 10.1. The van der Waals surface area contributed by atoms with Crippen molar-refractivity contribution in [1.82, 2.24) is 9.78 Å². The van der Waals surface area contributed by atoms with E-state index in [1.54, 1.807) is 13.8 Å². The molecule has 7 heteroatoms. The molecule has 1 aromatic carbocycles. The standard InChI is InChI=1S/C15H18N4O3/c1-9-5-6-10(2)13(7-9)16-15(20)12(4)18-11(3)8-14(17-18)19(21)22/h5-8,12H,1-4H3,(H,16,20). The minimum Gasteiger partial charge on any atom is -0.358 e. The molecule has 1 unspecified atom stereocenters. The number of aryl methyl sites for hydroxylation is 3. The third-order valence-electron chi connectivity index (χ3n) is 3.49. The van der Waals surface area contributed by atoms with Gasteiger partial charge in [-0.05, 0) is 49.8 Å². The van der Waals surface area contributed by atoms with Crippen LogP contribution in [0.4, 0.5) is 11.5 Å². The second kappa shape index (κ2) is 5.97. The molecule has 1 aromatic heterocycles. The Morgan fingerprint density at radius 3 is 2.59 bits per heavy atom. The van der Waals surface area contributed by atoms with Gasteiger partial charge >= 0.3 is 5.82 Å². The molecule has 0 radical (unpaired) electrons. The summed E-state index contributed by atoms with van der Waals surface area (Å²) >= 11 is 0. The molecule has 0 saturated carbocycles. The fourth-order valence-corrected chi connectivity index (χ4v) is 2.17. The minimum atomic E-state index is -0.645. The first-order valence-electron chi connectivity index (χ1n) is 6.88. The van der Waals surface area contributed by atoms with Gasteiger partial charge in [-0.15, -0.1) is 0 Å². The number of hydrogen-bond donors (Lipinski definition) is 1. The van der Waals surface area contributed by atoms with Crippen molar-refractivity contribution in [2.75, 3.05) is 5.32 Å². The summed E-state index contributed by atoms with van der Waals surface area (Å²) < 4.78 is 1.36. The van der Waals surface area contributed by atoms with Crippen molar-refractivity contribution in [3.05, 3.63) is 51.2 Å². The van der Waals surface area contributed by atoms with Gasteiger partial charge in [0, 0.05) is 5.69 Å². The summed E-state index contributed by atoms with van der Waals surface area (Å²) in [7, 11) is 0. The van der Waals surface area contributed by atoms with E-state index in [1.807, 2.05) is 32.0 Å². The van der Waals surface area contributed by atoms with Crippen LogP contribution in [0, 0.1) is 30.9 Å². The number of nitro groups is 1. The number of amides is 1. The van der Waals surface area contributed by atoms with Gasteiger partial charge in [0.05, 0.1) is 16.9 Å². The number of carbonyl (C=O) groups is 1. The predicted molar refractivity (Wildman–Crippen MR) is 82.9 cm³/mol. The quantitative estimate of drug-likeness (QED) is 0.694. The lowest BCUT2D eigenvalue weighted by Gasteiger charge is -2.13. The molecule has 0 fully saturated rings. The zero-order valence-electron chi connectivity index (χ0n) is 13.0. The van der Waals surface area contributed by atoms with Gasteiger partial charge in [0.25, 0.3) is 5.91 Å². The lowest BCUT2D eigenvalue weighted by Crippen LogP contribution is -2.25. The molecule has 0 aliphatic rings. The van der Waals surface area contributed by atoms with Crippen LogP contribution in [0.25, 0.3) is 0 Å². The van der Waals surface area contributed by atoms with E-state index in [2.05, 4.69) is 10.4 Å². The van der Waals surface area contributed by atoms with Gasteiger partial charge in [0.15, 0.2) is 0 Å². The van der Waals surface area contributed by atoms with E-state index < -0.39 is 11.0 Å². The molecular formula is C15H18N4O3. The van der Waals surface area contributed by atoms with Crippen LogP contribution in [0.5, 0.6) is 0 Å². The Kier molecular flexibility index (Phi) is 4.25. The van der Waals surface area contributed by atoms with Crippen LogP contribution in [-0.2, 0) is 4.79 Å². The Labute approximate surface area is 128 Å². The first-order chi connectivity index (χ1) is 10.3. The van der Waals surface area contributed by atoms with Gasteiger partial charge in [-0.3, -0.25) is 4.79 Å². The summed E-state index contributed by atoms with van der Waals surface area (Å²) in [5.74, 6) is -0.529. The highest BCUT2D eigenvalue weighted by molar-refractivity contribution is 5.94. The summed E-state index contributed by atoms with van der Waals surface area (Å²) in [6.45, 7) is 7.19. The van der Waals surface area contributed by atoms with Crippen LogP contribution in [0.15, 0.2) is 24.3 Å². The third-order valence-corrected chi connectivity index (χ3v) is 3.49. The number of aromatic nitrogens is 2. The molecule has 22 heavy (non-hydrogen) atoms. The first kappa shape index (κ1) is 15.7. The maximum Gasteiger partial charge on any atom is 0.390 e. The first-order valence-corrected chi connectivity index (χ1v) is 6.88. The molecule has 0 bridgehead atoms. The minimum absolute atomic E-state index is 0.260. The number of benzene rings is 1.